The van der Waals surface area contributed by atoms with Crippen LogP contribution in [0.25, 0.3) is 0 Å². The van der Waals surface area contributed by atoms with Gasteiger partial charge < -0.3 is 47.7 Å². The van der Waals surface area contributed by atoms with E-state index in [2.05, 4.69) is 25.9 Å². The number of primary amides is 1. The average molecular weight is 534 g/mol. The van der Waals surface area contributed by atoms with Gasteiger partial charge in [-0.1, -0.05) is 12.1 Å². The van der Waals surface area contributed by atoms with Gasteiger partial charge in [-0.05, 0) is 24.6 Å². The van der Waals surface area contributed by atoms with Crippen molar-refractivity contribution in [3.63, 3.8) is 0 Å². The van der Waals surface area contributed by atoms with E-state index in [0.29, 0.717) is 11.3 Å². The monoisotopic (exact) mass is 533 g/mol. The van der Waals surface area contributed by atoms with Crippen molar-refractivity contribution in [2.24, 2.45) is 11.5 Å². The van der Waals surface area contributed by atoms with Crippen LogP contribution in [0.1, 0.15) is 24.6 Å². The van der Waals surface area contributed by atoms with Gasteiger partial charge in [0, 0.05) is 24.7 Å². The lowest BCUT2D eigenvalue weighted by Crippen LogP contribution is -2.59. The predicted molar refractivity (Wildman–Crippen MR) is 131 cm³/mol. The molecular formula is C23H31N7O8. The number of carbonyl (C=O) groups is 5. The fourth-order valence-corrected chi connectivity index (χ4v) is 3.34. The molecule has 0 fully saturated rings. The fraction of sp³-hybridized carbons (Fsp3) is 0.391. The number of nitrogens with zero attached hydrogens (tertiary/aromatic N) is 1. The first kappa shape index (κ1) is 29.7. The van der Waals surface area contributed by atoms with E-state index < -0.39 is 66.3 Å². The molecule has 0 aliphatic rings. The van der Waals surface area contributed by atoms with Crippen LogP contribution >= 0.6 is 0 Å². The lowest BCUT2D eigenvalue weighted by atomic mass is 10.0. The Bertz CT molecular complexity index is 1120. The third-order valence-electron chi connectivity index (χ3n) is 5.46. The second-order valence-electron chi connectivity index (χ2n) is 8.61. The molecule has 1 heterocycles. The van der Waals surface area contributed by atoms with Crippen LogP contribution in [-0.2, 0) is 36.8 Å². The van der Waals surface area contributed by atoms with Crippen molar-refractivity contribution in [2.75, 3.05) is 0 Å². The Hall–Kier alpha value is -4.50. The number of benzene rings is 1. The van der Waals surface area contributed by atoms with Crippen LogP contribution in [0, 0.1) is 0 Å². The average Bonchev–Trinajstić information content (AvgIpc) is 3.36. The largest absolute Gasteiger partial charge is 0.508 e. The van der Waals surface area contributed by atoms with Crippen molar-refractivity contribution in [1.82, 2.24) is 25.9 Å². The Balaban J connectivity index is 2.23. The van der Waals surface area contributed by atoms with Crippen molar-refractivity contribution in [1.29, 1.82) is 0 Å². The number of carboxylic acid groups (broad SMARTS) is 1. The number of aliphatic hydroxyl groups excluding tert-OH is 1. The summed E-state index contributed by atoms with van der Waals surface area (Å²) in [5.74, 6) is -5.08. The molecule has 5 atom stereocenters. The number of nitrogens with two attached hydrogens (primary N) is 2. The van der Waals surface area contributed by atoms with E-state index in [1.54, 1.807) is 0 Å². The number of aromatic hydroxyl groups is 1. The SMILES string of the molecule is CC(O)C(N)C(=O)NC(CC(N)=O)C(=O)NC(Cc1cnc[nH]1)C(=O)NC(Cc1ccc(O)cc1)C(=O)O. The molecule has 2 aromatic rings. The van der Waals surface area contributed by atoms with Gasteiger partial charge in [0.15, 0.2) is 0 Å². The van der Waals surface area contributed by atoms with E-state index in [0.717, 1.165) is 0 Å². The van der Waals surface area contributed by atoms with Crippen LogP contribution < -0.4 is 27.4 Å². The molecule has 0 aliphatic carbocycles. The summed E-state index contributed by atoms with van der Waals surface area (Å²) in [6.07, 6.45) is 0.567. The zero-order valence-electron chi connectivity index (χ0n) is 20.5. The smallest absolute Gasteiger partial charge is 0.326 e. The summed E-state index contributed by atoms with van der Waals surface area (Å²) in [7, 11) is 0. The van der Waals surface area contributed by atoms with Gasteiger partial charge in [0.25, 0.3) is 0 Å². The first-order valence-corrected chi connectivity index (χ1v) is 11.5. The number of aliphatic hydroxyl groups is 1. The fourth-order valence-electron chi connectivity index (χ4n) is 3.34. The number of H-pyrrole nitrogens is 1. The molecule has 4 amide bonds. The Morgan fingerprint density at radius 3 is 2.05 bits per heavy atom. The summed E-state index contributed by atoms with van der Waals surface area (Å²) < 4.78 is 0. The number of aliphatic carboxylic acids is 1. The second-order valence-corrected chi connectivity index (χ2v) is 8.61. The van der Waals surface area contributed by atoms with E-state index in [9.17, 15) is 39.3 Å². The van der Waals surface area contributed by atoms with Crippen molar-refractivity contribution < 1.29 is 39.3 Å². The van der Waals surface area contributed by atoms with Gasteiger partial charge in [0.1, 0.15) is 29.9 Å². The highest BCUT2D eigenvalue weighted by Crippen LogP contribution is 2.12. The summed E-state index contributed by atoms with van der Waals surface area (Å²) in [5, 5.41) is 35.6. The Morgan fingerprint density at radius 2 is 1.53 bits per heavy atom. The van der Waals surface area contributed by atoms with Gasteiger partial charge in [-0.15, -0.1) is 0 Å². The molecule has 2 rings (SSSR count). The quantitative estimate of drug-likeness (QED) is 0.119. The van der Waals surface area contributed by atoms with Crippen LogP contribution in [0.5, 0.6) is 5.75 Å². The van der Waals surface area contributed by atoms with Crippen LogP contribution in [0.4, 0.5) is 0 Å². The maximum atomic E-state index is 13.1. The van der Waals surface area contributed by atoms with Crippen LogP contribution in [0.2, 0.25) is 0 Å². The number of phenols is 1. The highest BCUT2D eigenvalue weighted by molar-refractivity contribution is 5.96. The third kappa shape index (κ3) is 9.18. The van der Waals surface area contributed by atoms with Gasteiger partial charge in [0.05, 0.1) is 18.9 Å². The highest BCUT2D eigenvalue weighted by Gasteiger charge is 2.32. The minimum absolute atomic E-state index is 0.0148. The molecule has 0 radical (unpaired) electrons. The van der Waals surface area contributed by atoms with E-state index in [1.807, 2.05) is 0 Å². The van der Waals surface area contributed by atoms with E-state index in [1.165, 1.54) is 43.7 Å². The van der Waals surface area contributed by atoms with Crippen LogP contribution in [0.15, 0.2) is 36.8 Å². The van der Waals surface area contributed by atoms with Crippen molar-refractivity contribution in [3.05, 3.63) is 48.0 Å². The first-order chi connectivity index (χ1) is 17.9. The summed E-state index contributed by atoms with van der Waals surface area (Å²) in [5.41, 5.74) is 11.7. The van der Waals surface area contributed by atoms with Crippen LogP contribution in [0.3, 0.4) is 0 Å². The standard InChI is InChI=1S/C23H31N7O8/c1-11(31)19(25)22(36)29-16(8-18(24)33)21(35)28-15(7-13-9-26-10-27-13)20(34)30-17(23(37)38)6-12-2-4-14(32)5-3-12/h2-5,9-11,15-17,19,31-32H,6-8,25H2,1H3,(H2,24,33)(H,26,27)(H,28,35)(H,29,36)(H,30,34)(H,37,38). The molecule has 5 unspecified atom stereocenters. The van der Waals surface area contributed by atoms with Crippen molar-refractivity contribution in [3.8, 4) is 5.75 Å². The lowest BCUT2D eigenvalue weighted by Gasteiger charge is -2.25. The third-order valence-corrected chi connectivity index (χ3v) is 5.46. The van der Waals surface area contributed by atoms with E-state index >= 15 is 0 Å². The lowest BCUT2D eigenvalue weighted by molar-refractivity contribution is -0.142. The van der Waals surface area contributed by atoms with Gasteiger partial charge >= 0.3 is 5.97 Å². The van der Waals surface area contributed by atoms with Gasteiger partial charge in [-0.2, -0.15) is 0 Å². The van der Waals surface area contributed by atoms with E-state index in [4.69, 9.17) is 11.5 Å². The molecule has 0 saturated heterocycles. The van der Waals surface area contributed by atoms with Gasteiger partial charge in [-0.3, -0.25) is 19.2 Å². The van der Waals surface area contributed by atoms with Gasteiger partial charge in [0.2, 0.25) is 23.6 Å². The zero-order valence-corrected chi connectivity index (χ0v) is 20.5. The number of imidazole rings is 1. The summed E-state index contributed by atoms with van der Waals surface area (Å²) >= 11 is 0. The molecule has 15 heteroatoms. The highest BCUT2D eigenvalue weighted by atomic mass is 16.4. The van der Waals surface area contributed by atoms with Gasteiger partial charge in [-0.25, -0.2) is 9.78 Å². The molecule has 1 aromatic heterocycles. The number of hydrogen-bond donors (Lipinski definition) is 9. The molecule has 0 aliphatic heterocycles. The molecular weight excluding hydrogens is 502 g/mol. The number of carboxylic acids is 1. The molecule has 38 heavy (non-hydrogen) atoms. The number of aromatic amines is 1. The zero-order chi connectivity index (χ0) is 28.4. The Kier molecular flexibility index (Phi) is 10.7. The van der Waals surface area contributed by atoms with Crippen molar-refractivity contribution >= 4 is 29.6 Å². The molecule has 206 valence electrons. The number of phenolic OH excluding ortho intramolecular Hbond substituents is 1. The molecule has 0 saturated carbocycles. The molecule has 1 aromatic carbocycles. The number of hydrogen-bond acceptors (Lipinski definition) is 9. The molecule has 0 spiro atoms. The summed E-state index contributed by atoms with van der Waals surface area (Å²) in [6.45, 7) is 1.26. The second kappa shape index (κ2) is 13.7. The Morgan fingerprint density at radius 1 is 0.947 bits per heavy atom. The predicted octanol–water partition coefficient (Wildman–Crippen LogP) is -2.98. The summed E-state index contributed by atoms with van der Waals surface area (Å²) in [6, 6.07) is 0.0440. The van der Waals surface area contributed by atoms with E-state index in [-0.39, 0.29) is 18.6 Å². The maximum Gasteiger partial charge on any atom is 0.326 e. The maximum absolute atomic E-state index is 13.1. The first-order valence-electron chi connectivity index (χ1n) is 11.5. The number of rotatable bonds is 14. The topological polar surface area (TPSA) is 263 Å². The molecule has 15 nitrogen and oxygen atoms in total. The minimum Gasteiger partial charge on any atom is -0.508 e. The van der Waals surface area contributed by atoms with Crippen molar-refractivity contribution in [2.45, 2.75) is 56.5 Å². The molecule has 0 bridgehead atoms. The normalized spacial score (nSPS) is 14.8. The summed E-state index contributed by atoms with van der Waals surface area (Å²) in [4.78, 5) is 68.4. The number of carbonyl (C=O) groups excluding carboxylic acids is 4. The Labute approximate surface area is 217 Å². The molecule has 11 N–H and O–H groups in total. The number of aromatic nitrogens is 2. The minimum atomic E-state index is -1.53. The van der Waals surface area contributed by atoms with Crippen LogP contribution in [-0.4, -0.2) is 85.2 Å². The number of nitrogens with one attached hydrogen (secondary N) is 4. The number of amides is 4.